The number of amides is 2. The van der Waals surface area contributed by atoms with Gasteiger partial charge >= 0.3 is 0 Å². The Kier molecular flexibility index (Phi) is 7.26. The highest BCUT2D eigenvalue weighted by molar-refractivity contribution is 6.03. The molecule has 1 atom stereocenters. The van der Waals surface area contributed by atoms with Crippen LogP contribution in [-0.4, -0.2) is 64.4 Å². The SMILES string of the molecule is CC(C)C1C(=O)Nc2ccc(NCc3ccccc3)cc2-c2nc3cc(C(=O)N(C)C4CCN(C)CC4)ccc3n21. The molecule has 41 heavy (non-hydrogen) atoms. The van der Waals surface area contributed by atoms with Crippen LogP contribution in [0.2, 0.25) is 0 Å². The van der Waals surface area contributed by atoms with Gasteiger partial charge in [0.2, 0.25) is 5.91 Å². The quantitative estimate of drug-likeness (QED) is 0.325. The lowest BCUT2D eigenvalue weighted by Crippen LogP contribution is -2.44. The summed E-state index contributed by atoms with van der Waals surface area (Å²) in [5.41, 5.74) is 5.91. The summed E-state index contributed by atoms with van der Waals surface area (Å²) in [6.45, 7) is 6.78. The van der Waals surface area contributed by atoms with Gasteiger partial charge in [0.1, 0.15) is 11.9 Å². The fourth-order valence-electron chi connectivity index (χ4n) is 6.13. The Labute approximate surface area is 241 Å². The van der Waals surface area contributed by atoms with E-state index in [9.17, 15) is 9.59 Å². The maximum atomic E-state index is 13.5. The topological polar surface area (TPSA) is 82.5 Å². The first-order valence-corrected chi connectivity index (χ1v) is 14.5. The van der Waals surface area contributed by atoms with E-state index in [1.807, 2.05) is 60.5 Å². The number of likely N-dealkylation sites (tertiary alicyclic amines) is 1. The minimum atomic E-state index is -0.438. The number of carbonyl (C=O) groups is 2. The zero-order valence-electron chi connectivity index (χ0n) is 24.2. The number of rotatable bonds is 6. The molecule has 2 aliphatic heterocycles. The van der Waals surface area contributed by atoms with Crippen LogP contribution in [0.15, 0.2) is 66.7 Å². The molecule has 2 aliphatic rings. The molecular formula is C33H38N6O2. The van der Waals surface area contributed by atoms with Crippen LogP contribution in [0.4, 0.5) is 11.4 Å². The Morgan fingerprint density at radius 1 is 1.07 bits per heavy atom. The monoisotopic (exact) mass is 550 g/mol. The molecule has 4 aromatic rings. The fraction of sp³-hybridized carbons (Fsp3) is 0.364. The average molecular weight is 551 g/mol. The molecule has 0 aliphatic carbocycles. The fourth-order valence-corrected chi connectivity index (χ4v) is 6.13. The number of carbonyl (C=O) groups excluding carboxylic acids is 2. The van der Waals surface area contributed by atoms with E-state index in [-0.39, 0.29) is 23.8 Å². The number of piperidine rings is 1. The third-order valence-electron chi connectivity index (χ3n) is 8.53. The molecule has 1 saturated heterocycles. The predicted octanol–water partition coefficient (Wildman–Crippen LogP) is 5.63. The normalized spacial score (nSPS) is 17.6. The summed E-state index contributed by atoms with van der Waals surface area (Å²) in [5.74, 6) is 0.707. The van der Waals surface area contributed by atoms with Crippen molar-refractivity contribution >= 4 is 34.2 Å². The largest absolute Gasteiger partial charge is 0.381 e. The summed E-state index contributed by atoms with van der Waals surface area (Å²) in [6.07, 6.45) is 1.95. The van der Waals surface area contributed by atoms with Gasteiger partial charge in [0.05, 0.1) is 16.7 Å². The average Bonchev–Trinajstić information content (AvgIpc) is 3.29. The lowest BCUT2D eigenvalue weighted by Gasteiger charge is -2.35. The number of aromatic nitrogens is 2. The van der Waals surface area contributed by atoms with Crippen LogP contribution in [0.3, 0.4) is 0 Å². The summed E-state index contributed by atoms with van der Waals surface area (Å²) in [6, 6.07) is 21.7. The second-order valence-corrected chi connectivity index (χ2v) is 11.7. The van der Waals surface area contributed by atoms with E-state index in [0.717, 1.165) is 59.7 Å². The second-order valence-electron chi connectivity index (χ2n) is 11.7. The third kappa shape index (κ3) is 5.20. The number of nitrogens with zero attached hydrogens (tertiary/aromatic N) is 4. The van der Waals surface area contributed by atoms with Crippen molar-refractivity contribution in [2.75, 3.05) is 37.8 Å². The van der Waals surface area contributed by atoms with Crippen molar-refractivity contribution in [3.63, 3.8) is 0 Å². The molecule has 212 valence electrons. The molecule has 0 saturated carbocycles. The van der Waals surface area contributed by atoms with Gasteiger partial charge in [-0.1, -0.05) is 44.2 Å². The number of anilines is 2. The molecule has 0 spiro atoms. The second kappa shape index (κ2) is 11.0. The molecule has 1 fully saturated rings. The molecule has 0 bridgehead atoms. The molecule has 1 unspecified atom stereocenters. The summed E-state index contributed by atoms with van der Waals surface area (Å²) in [4.78, 5) is 36.3. The maximum Gasteiger partial charge on any atom is 0.253 e. The molecule has 8 heteroatoms. The summed E-state index contributed by atoms with van der Waals surface area (Å²) >= 11 is 0. The van der Waals surface area contributed by atoms with E-state index in [2.05, 4.69) is 59.2 Å². The Morgan fingerprint density at radius 3 is 2.56 bits per heavy atom. The lowest BCUT2D eigenvalue weighted by molar-refractivity contribution is -0.120. The predicted molar refractivity (Wildman–Crippen MR) is 164 cm³/mol. The van der Waals surface area contributed by atoms with Crippen molar-refractivity contribution in [3.8, 4) is 11.4 Å². The highest BCUT2D eigenvalue weighted by Crippen LogP contribution is 2.40. The molecule has 6 rings (SSSR count). The van der Waals surface area contributed by atoms with Gasteiger partial charge in [-0.2, -0.15) is 0 Å². The van der Waals surface area contributed by atoms with Gasteiger partial charge < -0.3 is 25.0 Å². The minimum absolute atomic E-state index is 0.00981. The molecule has 3 aromatic carbocycles. The van der Waals surface area contributed by atoms with E-state index < -0.39 is 6.04 Å². The highest BCUT2D eigenvalue weighted by Gasteiger charge is 2.34. The number of nitrogens with one attached hydrogen (secondary N) is 2. The van der Waals surface area contributed by atoms with Gasteiger partial charge in [0, 0.05) is 36.4 Å². The van der Waals surface area contributed by atoms with E-state index >= 15 is 0 Å². The van der Waals surface area contributed by atoms with Crippen molar-refractivity contribution in [2.24, 2.45) is 5.92 Å². The standard InChI is InChI=1S/C33H38N6O2/c1-21(2)30-32(40)36-27-12-11-24(34-20-22-8-6-5-7-9-22)19-26(27)31-35-28-18-23(10-13-29(28)39(30)31)33(41)38(4)25-14-16-37(3)17-15-25/h5-13,18-19,21,25,30,34H,14-17,20H2,1-4H3,(H,36,40). The van der Waals surface area contributed by atoms with Crippen LogP contribution in [0.25, 0.3) is 22.4 Å². The lowest BCUT2D eigenvalue weighted by atomic mass is 10.0. The number of fused-ring (bicyclic) bond motifs is 5. The summed E-state index contributed by atoms with van der Waals surface area (Å²) < 4.78 is 2.05. The molecule has 1 aromatic heterocycles. The van der Waals surface area contributed by atoms with E-state index in [4.69, 9.17) is 4.98 Å². The first kappa shape index (κ1) is 27.0. The molecule has 8 nitrogen and oxygen atoms in total. The number of hydrogen-bond acceptors (Lipinski definition) is 5. The molecule has 0 radical (unpaired) electrons. The van der Waals surface area contributed by atoms with Gasteiger partial charge in [-0.3, -0.25) is 9.59 Å². The van der Waals surface area contributed by atoms with Crippen LogP contribution in [0.5, 0.6) is 0 Å². The van der Waals surface area contributed by atoms with Crippen LogP contribution >= 0.6 is 0 Å². The Bertz CT molecular complexity index is 1590. The highest BCUT2D eigenvalue weighted by atomic mass is 16.2. The van der Waals surface area contributed by atoms with Crippen molar-refractivity contribution in [1.29, 1.82) is 0 Å². The Morgan fingerprint density at radius 2 is 1.83 bits per heavy atom. The molecule has 2 N–H and O–H groups in total. The Hall–Kier alpha value is -4.17. The third-order valence-corrected chi connectivity index (χ3v) is 8.53. The van der Waals surface area contributed by atoms with Crippen molar-refractivity contribution < 1.29 is 9.59 Å². The minimum Gasteiger partial charge on any atom is -0.381 e. The van der Waals surface area contributed by atoms with Crippen LogP contribution in [0, 0.1) is 5.92 Å². The number of hydrogen-bond donors (Lipinski definition) is 2. The molecule has 2 amide bonds. The maximum absolute atomic E-state index is 13.5. The van der Waals surface area contributed by atoms with Crippen LogP contribution in [0.1, 0.15) is 48.7 Å². The zero-order chi connectivity index (χ0) is 28.7. The smallest absolute Gasteiger partial charge is 0.253 e. The van der Waals surface area contributed by atoms with E-state index in [0.29, 0.717) is 12.1 Å². The van der Waals surface area contributed by atoms with Crippen molar-refractivity contribution in [3.05, 3.63) is 77.9 Å². The van der Waals surface area contributed by atoms with E-state index in [1.54, 1.807) is 0 Å². The first-order chi connectivity index (χ1) is 19.8. The summed E-state index contributed by atoms with van der Waals surface area (Å²) in [5, 5.41) is 6.65. The van der Waals surface area contributed by atoms with Gasteiger partial charge in [-0.15, -0.1) is 0 Å². The van der Waals surface area contributed by atoms with Crippen LogP contribution < -0.4 is 10.6 Å². The van der Waals surface area contributed by atoms with Crippen LogP contribution in [-0.2, 0) is 11.3 Å². The van der Waals surface area contributed by atoms with Gasteiger partial charge in [0.25, 0.3) is 5.91 Å². The molecule has 3 heterocycles. The number of imidazole rings is 1. The number of benzene rings is 3. The van der Waals surface area contributed by atoms with Gasteiger partial charge in [-0.05, 0) is 80.9 Å². The van der Waals surface area contributed by atoms with Crippen molar-refractivity contribution in [1.82, 2.24) is 19.4 Å². The first-order valence-electron chi connectivity index (χ1n) is 14.5. The van der Waals surface area contributed by atoms with E-state index in [1.165, 1.54) is 5.56 Å². The molecular weight excluding hydrogens is 512 g/mol. The van der Waals surface area contributed by atoms with Gasteiger partial charge in [-0.25, -0.2) is 4.98 Å². The zero-order valence-corrected chi connectivity index (χ0v) is 24.2. The Balaban J connectivity index is 1.38. The van der Waals surface area contributed by atoms with Crippen molar-refractivity contribution in [2.45, 2.75) is 45.3 Å². The summed E-state index contributed by atoms with van der Waals surface area (Å²) in [7, 11) is 4.03. The van der Waals surface area contributed by atoms with Gasteiger partial charge in [0.15, 0.2) is 0 Å².